The minimum Gasteiger partial charge on any atom is -0.335 e. The first-order chi connectivity index (χ1) is 10.2. The van der Waals surface area contributed by atoms with Gasteiger partial charge >= 0.3 is 0 Å². The van der Waals surface area contributed by atoms with E-state index in [1.54, 1.807) is 0 Å². The molecule has 1 aromatic rings. The Kier molecular flexibility index (Phi) is 4.54. The zero-order valence-corrected chi connectivity index (χ0v) is 14.8. The first-order valence-electron chi connectivity index (χ1n) is 8.32. The van der Waals surface area contributed by atoms with Gasteiger partial charge in [0.25, 0.3) is 0 Å². The van der Waals surface area contributed by atoms with E-state index in [2.05, 4.69) is 28.6 Å². The number of thiophene rings is 1. The first-order valence-corrected chi connectivity index (χ1v) is 9.20. The van der Waals surface area contributed by atoms with Crippen molar-refractivity contribution in [2.75, 3.05) is 19.6 Å². The van der Waals surface area contributed by atoms with Crippen LogP contribution in [0.2, 0.25) is 0 Å². The standard InChI is InChI=1S/C17H24N2OS.ClH/c1-2-14-12-4-10-21-15(12)3-9-19(14)16(20)13-11-17(13)5-7-18-8-6-17;/h4,10,13-14,18H,2-3,5-9,11H2,1H3;1H. The predicted molar refractivity (Wildman–Crippen MR) is 92.7 cm³/mol. The highest BCUT2D eigenvalue weighted by atomic mass is 35.5. The number of nitrogens with zero attached hydrogens (tertiary/aromatic N) is 1. The van der Waals surface area contributed by atoms with Crippen LogP contribution >= 0.6 is 23.7 Å². The topological polar surface area (TPSA) is 32.3 Å². The summed E-state index contributed by atoms with van der Waals surface area (Å²) in [5.74, 6) is 0.759. The fourth-order valence-electron chi connectivity index (χ4n) is 4.47. The summed E-state index contributed by atoms with van der Waals surface area (Å²) in [4.78, 5) is 16.7. The fourth-order valence-corrected chi connectivity index (χ4v) is 5.40. The number of carbonyl (C=O) groups is 1. The van der Waals surface area contributed by atoms with Crippen molar-refractivity contribution < 1.29 is 4.79 Å². The molecule has 4 rings (SSSR count). The molecule has 1 saturated carbocycles. The zero-order chi connectivity index (χ0) is 14.4. The van der Waals surface area contributed by atoms with Gasteiger partial charge in [0.15, 0.2) is 0 Å². The van der Waals surface area contributed by atoms with Gasteiger partial charge in [-0.15, -0.1) is 23.7 Å². The van der Waals surface area contributed by atoms with E-state index in [9.17, 15) is 4.79 Å². The van der Waals surface area contributed by atoms with Gasteiger partial charge in [-0.05, 0) is 67.6 Å². The van der Waals surface area contributed by atoms with Gasteiger partial charge in [0.1, 0.15) is 0 Å². The molecular weight excluding hydrogens is 316 g/mol. The highest BCUT2D eigenvalue weighted by Gasteiger charge is 2.59. The number of halogens is 1. The maximum absolute atomic E-state index is 13.0. The molecule has 0 radical (unpaired) electrons. The molecule has 2 atom stereocenters. The zero-order valence-electron chi connectivity index (χ0n) is 13.1. The van der Waals surface area contributed by atoms with Gasteiger partial charge in [-0.1, -0.05) is 6.92 Å². The molecule has 3 aliphatic rings. The smallest absolute Gasteiger partial charge is 0.226 e. The summed E-state index contributed by atoms with van der Waals surface area (Å²) in [6.45, 7) is 5.33. The minimum absolute atomic E-state index is 0. The van der Waals surface area contributed by atoms with Gasteiger partial charge in [0.05, 0.1) is 6.04 Å². The number of fused-ring (bicyclic) bond motifs is 1. The van der Waals surface area contributed by atoms with E-state index in [-0.39, 0.29) is 12.4 Å². The van der Waals surface area contributed by atoms with E-state index in [0.717, 1.165) is 38.9 Å². The minimum atomic E-state index is 0. The van der Waals surface area contributed by atoms with Crippen LogP contribution in [0.3, 0.4) is 0 Å². The van der Waals surface area contributed by atoms with E-state index < -0.39 is 0 Å². The summed E-state index contributed by atoms with van der Waals surface area (Å²) in [5, 5.41) is 5.61. The molecule has 22 heavy (non-hydrogen) atoms. The van der Waals surface area contributed by atoms with Gasteiger partial charge < -0.3 is 10.2 Å². The molecule has 1 N–H and O–H groups in total. The fraction of sp³-hybridized carbons (Fsp3) is 0.706. The van der Waals surface area contributed by atoms with Crippen molar-refractivity contribution in [3.05, 3.63) is 21.9 Å². The molecule has 3 nitrogen and oxygen atoms in total. The Morgan fingerprint density at radius 1 is 1.45 bits per heavy atom. The summed E-state index contributed by atoms with van der Waals surface area (Å²) in [5.41, 5.74) is 1.78. The molecule has 1 aromatic heterocycles. The number of carbonyl (C=O) groups excluding carboxylic acids is 1. The summed E-state index contributed by atoms with van der Waals surface area (Å²) >= 11 is 1.86. The van der Waals surface area contributed by atoms with Crippen LogP contribution in [0.25, 0.3) is 0 Å². The molecule has 2 unspecified atom stereocenters. The van der Waals surface area contributed by atoms with Crippen LogP contribution in [0.5, 0.6) is 0 Å². The van der Waals surface area contributed by atoms with Crippen LogP contribution in [-0.2, 0) is 11.2 Å². The Morgan fingerprint density at radius 2 is 2.23 bits per heavy atom. The molecule has 1 aliphatic carbocycles. The lowest BCUT2D eigenvalue weighted by Gasteiger charge is -2.36. The van der Waals surface area contributed by atoms with Gasteiger partial charge in [0, 0.05) is 17.3 Å². The number of piperidine rings is 1. The summed E-state index contributed by atoms with van der Waals surface area (Å²) in [6, 6.07) is 2.56. The Balaban J connectivity index is 0.00000144. The maximum atomic E-state index is 13.0. The van der Waals surface area contributed by atoms with Crippen molar-refractivity contribution >= 4 is 29.7 Å². The largest absolute Gasteiger partial charge is 0.335 e. The molecule has 1 saturated heterocycles. The molecule has 1 spiro atoms. The van der Waals surface area contributed by atoms with Gasteiger partial charge in [-0.2, -0.15) is 0 Å². The number of hydrogen-bond donors (Lipinski definition) is 1. The Hall–Kier alpha value is -0.580. The van der Waals surface area contributed by atoms with E-state index in [1.165, 1.54) is 23.3 Å². The number of nitrogens with one attached hydrogen (secondary N) is 1. The molecule has 0 aromatic carbocycles. The van der Waals surface area contributed by atoms with Gasteiger partial charge in [-0.3, -0.25) is 4.79 Å². The van der Waals surface area contributed by atoms with E-state index in [0.29, 0.717) is 23.3 Å². The normalized spacial score (nSPS) is 28.9. The van der Waals surface area contributed by atoms with Gasteiger partial charge in [0.2, 0.25) is 5.91 Å². The van der Waals surface area contributed by atoms with Crippen LogP contribution in [0.4, 0.5) is 0 Å². The molecule has 2 aliphatic heterocycles. The van der Waals surface area contributed by atoms with Crippen LogP contribution in [0.1, 0.15) is 49.1 Å². The van der Waals surface area contributed by atoms with Crippen molar-refractivity contribution in [3.63, 3.8) is 0 Å². The van der Waals surface area contributed by atoms with E-state index in [4.69, 9.17) is 0 Å². The lowest BCUT2D eigenvalue weighted by atomic mass is 9.90. The Labute approximate surface area is 142 Å². The Bertz CT molecular complexity index is 553. The Morgan fingerprint density at radius 3 is 2.95 bits per heavy atom. The third-order valence-corrected chi connectivity index (χ3v) is 6.85. The molecule has 5 heteroatoms. The molecule has 3 heterocycles. The number of amides is 1. The molecular formula is C17H25ClN2OS. The summed E-state index contributed by atoms with van der Waals surface area (Å²) in [7, 11) is 0. The first kappa shape index (κ1) is 16.3. The lowest BCUT2D eigenvalue weighted by Crippen LogP contribution is -2.42. The SMILES string of the molecule is CCC1c2ccsc2CCN1C(=O)C1CC12CCNCC2.Cl. The molecule has 2 fully saturated rings. The highest BCUT2D eigenvalue weighted by molar-refractivity contribution is 7.10. The van der Waals surface area contributed by atoms with Crippen LogP contribution in [0.15, 0.2) is 11.4 Å². The van der Waals surface area contributed by atoms with Crippen LogP contribution < -0.4 is 5.32 Å². The second kappa shape index (κ2) is 6.14. The van der Waals surface area contributed by atoms with Crippen molar-refractivity contribution in [2.24, 2.45) is 11.3 Å². The monoisotopic (exact) mass is 340 g/mol. The average molecular weight is 341 g/mol. The lowest BCUT2D eigenvalue weighted by molar-refractivity contribution is -0.136. The quantitative estimate of drug-likeness (QED) is 0.895. The molecule has 122 valence electrons. The van der Waals surface area contributed by atoms with Gasteiger partial charge in [-0.25, -0.2) is 0 Å². The van der Waals surface area contributed by atoms with Crippen molar-refractivity contribution in [2.45, 2.75) is 45.1 Å². The molecule has 0 bridgehead atoms. The number of hydrogen-bond acceptors (Lipinski definition) is 3. The van der Waals surface area contributed by atoms with E-state index >= 15 is 0 Å². The second-order valence-electron chi connectivity index (χ2n) is 6.87. The summed E-state index contributed by atoms with van der Waals surface area (Å²) in [6.07, 6.45) is 5.61. The molecule has 1 amide bonds. The highest BCUT2D eigenvalue weighted by Crippen LogP contribution is 2.59. The third-order valence-electron chi connectivity index (χ3n) is 5.85. The van der Waals surface area contributed by atoms with Crippen molar-refractivity contribution in [1.82, 2.24) is 10.2 Å². The predicted octanol–water partition coefficient (Wildman–Crippen LogP) is 3.40. The summed E-state index contributed by atoms with van der Waals surface area (Å²) < 4.78 is 0. The second-order valence-corrected chi connectivity index (χ2v) is 7.87. The third kappa shape index (κ3) is 2.49. The average Bonchev–Trinajstić information content (AvgIpc) is 2.99. The van der Waals surface area contributed by atoms with Crippen LogP contribution in [-0.4, -0.2) is 30.4 Å². The maximum Gasteiger partial charge on any atom is 0.226 e. The van der Waals surface area contributed by atoms with Crippen molar-refractivity contribution in [1.29, 1.82) is 0 Å². The van der Waals surface area contributed by atoms with Crippen LogP contribution in [0, 0.1) is 11.3 Å². The number of rotatable bonds is 2. The van der Waals surface area contributed by atoms with E-state index in [1.807, 2.05) is 11.3 Å². The van der Waals surface area contributed by atoms with Crippen molar-refractivity contribution in [3.8, 4) is 0 Å².